The highest BCUT2D eigenvalue weighted by molar-refractivity contribution is 5.87. The molecule has 0 atom stereocenters. The van der Waals surface area contributed by atoms with Crippen molar-refractivity contribution in [2.24, 2.45) is 5.73 Å². The average Bonchev–Trinajstić information content (AvgIpc) is 3.44. The first kappa shape index (κ1) is 22.5. The fourth-order valence-corrected chi connectivity index (χ4v) is 3.86. The minimum atomic E-state index is 0.270. The van der Waals surface area contributed by atoms with Gasteiger partial charge in [0, 0.05) is 24.8 Å². The maximum atomic E-state index is 5.94. The highest BCUT2D eigenvalue weighted by atomic mass is 16.5. The van der Waals surface area contributed by atoms with E-state index in [1.54, 1.807) is 11.8 Å². The molecule has 0 saturated heterocycles. The van der Waals surface area contributed by atoms with E-state index in [0.717, 1.165) is 52.4 Å². The van der Waals surface area contributed by atoms with Gasteiger partial charge < -0.3 is 26.1 Å². The number of nitrogens with one attached hydrogen (secondary N) is 1. The highest BCUT2D eigenvalue weighted by Gasteiger charge is 2.14. The minimum absolute atomic E-state index is 0.270. The van der Waals surface area contributed by atoms with E-state index in [-0.39, 0.29) is 5.95 Å². The van der Waals surface area contributed by atoms with Crippen molar-refractivity contribution in [3.05, 3.63) is 53.5 Å². The van der Waals surface area contributed by atoms with Crippen LogP contribution in [0.2, 0.25) is 0 Å². The van der Waals surface area contributed by atoms with Crippen LogP contribution in [0.4, 0.5) is 11.8 Å². The van der Waals surface area contributed by atoms with E-state index in [0.29, 0.717) is 19.6 Å². The number of ether oxygens (including phenoxy) is 1. The quantitative estimate of drug-likeness (QED) is 0.298. The molecule has 1 aromatic carbocycles. The van der Waals surface area contributed by atoms with E-state index < -0.39 is 0 Å². The predicted molar refractivity (Wildman–Crippen MR) is 129 cm³/mol. The van der Waals surface area contributed by atoms with Gasteiger partial charge in [-0.1, -0.05) is 37.1 Å². The molecule has 0 saturated carbocycles. The fourth-order valence-electron chi connectivity index (χ4n) is 3.86. The zero-order chi connectivity index (χ0) is 23.2. The number of hydrogen-bond donors (Lipinski definition) is 3. The number of unbranched alkanes of at least 4 members (excludes halogenated alkanes) is 2. The summed E-state index contributed by atoms with van der Waals surface area (Å²) >= 11 is 0. The second-order valence-corrected chi connectivity index (χ2v) is 8.00. The monoisotopic (exact) mass is 449 g/mol. The Morgan fingerprint density at radius 2 is 2.00 bits per heavy atom. The molecule has 0 aliphatic heterocycles. The van der Waals surface area contributed by atoms with Crippen LogP contribution >= 0.6 is 0 Å². The number of aromatic nitrogens is 6. The average molecular weight is 450 g/mol. The molecule has 3 aromatic heterocycles. The van der Waals surface area contributed by atoms with E-state index in [2.05, 4.69) is 49.2 Å². The van der Waals surface area contributed by atoms with Crippen LogP contribution in [0.1, 0.15) is 43.0 Å². The van der Waals surface area contributed by atoms with Crippen molar-refractivity contribution in [3.63, 3.8) is 0 Å². The standard InChI is InChI=1S/C23H31N9O/c1-3-4-5-9-26-22-21-19(27-23(25)28-22)8-10-31(21)14-17-7-6-16(11-20(17)33-2)13-32-15-18(12-24)29-30-32/h6-8,10-11,15H,3-5,9,12-14,24H2,1-2H3,(H3,25,26,27,28). The summed E-state index contributed by atoms with van der Waals surface area (Å²) in [7, 11) is 1.68. The molecule has 0 unspecified atom stereocenters. The Morgan fingerprint density at radius 3 is 2.76 bits per heavy atom. The molecule has 0 bridgehead atoms. The lowest BCUT2D eigenvalue weighted by Crippen LogP contribution is -2.09. The smallest absolute Gasteiger partial charge is 0.222 e. The van der Waals surface area contributed by atoms with E-state index in [1.807, 2.05) is 24.5 Å². The largest absolute Gasteiger partial charge is 0.496 e. The van der Waals surface area contributed by atoms with Crippen molar-refractivity contribution in [3.8, 4) is 5.75 Å². The Morgan fingerprint density at radius 1 is 1.12 bits per heavy atom. The summed E-state index contributed by atoms with van der Waals surface area (Å²) in [5.74, 6) is 1.84. The van der Waals surface area contributed by atoms with Crippen LogP contribution in [0, 0.1) is 0 Å². The molecular formula is C23H31N9O. The second kappa shape index (κ2) is 10.3. The molecule has 10 nitrogen and oxygen atoms in total. The van der Waals surface area contributed by atoms with Gasteiger partial charge in [0.1, 0.15) is 11.3 Å². The summed E-state index contributed by atoms with van der Waals surface area (Å²) in [6.45, 7) is 4.61. The molecule has 10 heteroatoms. The van der Waals surface area contributed by atoms with Crippen molar-refractivity contribution in [1.29, 1.82) is 0 Å². The number of nitrogen functional groups attached to an aromatic ring is 1. The second-order valence-electron chi connectivity index (χ2n) is 8.00. The Bertz CT molecular complexity index is 1210. The van der Waals surface area contributed by atoms with Crippen molar-refractivity contribution >= 4 is 22.8 Å². The van der Waals surface area contributed by atoms with Gasteiger partial charge in [-0.2, -0.15) is 4.98 Å². The highest BCUT2D eigenvalue weighted by Crippen LogP contribution is 2.27. The van der Waals surface area contributed by atoms with Crippen LogP contribution in [-0.4, -0.2) is 43.2 Å². The number of fused-ring (bicyclic) bond motifs is 1. The molecule has 4 aromatic rings. The van der Waals surface area contributed by atoms with E-state index in [1.165, 1.54) is 12.8 Å². The zero-order valence-electron chi connectivity index (χ0n) is 19.2. The third-order valence-corrected chi connectivity index (χ3v) is 5.53. The van der Waals surface area contributed by atoms with Crippen LogP contribution in [0.25, 0.3) is 11.0 Å². The van der Waals surface area contributed by atoms with Crippen molar-refractivity contribution in [1.82, 2.24) is 29.5 Å². The maximum Gasteiger partial charge on any atom is 0.222 e. The van der Waals surface area contributed by atoms with Gasteiger partial charge in [-0.05, 0) is 24.1 Å². The molecule has 0 aliphatic carbocycles. The van der Waals surface area contributed by atoms with Crippen LogP contribution in [-0.2, 0) is 19.6 Å². The van der Waals surface area contributed by atoms with Crippen molar-refractivity contribution < 1.29 is 4.74 Å². The minimum Gasteiger partial charge on any atom is -0.496 e. The number of methoxy groups -OCH3 is 1. The van der Waals surface area contributed by atoms with Crippen LogP contribution in [0.3, 0.4) is 0 Å². The summed E-state index contributed by atoms with van der Waals surface area (Å²) in [6, 6.07) is 8.15. The lowest BCUT2D eigenvalue weighted by molar-refractivity contribution is 0.408. The van der Waals surface area contributed by atoms with E-state index in [9.17, 15) is 0 Å². The molecular weight excluding hydrogens is 418 g/mol. The molecule has 0 spiro atoms. The predicted octanol–water partition coefficient (Wildman–Crippen LogP) is 2.77. The first-order chi connectivity index (χ1) is 16.1. The molecule has 174 valence electrons. The van der Waals surface area contributed by atoms with Gasteiger partial charge in [0.25, 0.3) is 0 Å². The number of benzene rings is 1. The third-order valence-electron chi connectivity index (χ3n) is 5.53. The number of rotatable bonds is 11. The lowest BCUT2D eigenvalue weighted by atomic mass is 10.1. The van der Waals surface area contributed by atoms with Gasteiger partial charge in [-0.25, -0.2) is 9.67 Å². The molecule has 0 amide bonds. The lowest BCUT2D eigenvalue weighted by Gasteiger charge is -2.14. The molecule has 4 rings (SSSR count). The van der Waals surface area contributed by atoms with Gasteiger partial charge in [-0.3, -0.25) is 0 Å². The Balaban J connectivity index is 1.58. The molecule has 0 fully saturated rings. The summed E-state index contributed by atoms with van der Waals surface area (Å²) in [4.78, 5) is 8.87. The topological polar surface area (TPSA) is 135 Å². The summed E-state index contributed by atoms with van der Waals surface area (Å²) in [5.41, 5.74) is 16.2. The van der Waals surface area contributed by atoms with E-state index in [4.69, 9.17) is 16.2 Å². The Hall–Kier alpha value is -3.66. The van der Waals surface area contributed by atoms with Crippen LogP contribution in [0.15, 0.2) is 36.7 Å². The Kier molecular flexibility index (Phi) is 7.04. The summed E-state index contributed by atoms with van der Waals surface area (Å²) < 4.78 is 9.60. The van der Waals surface area contributed by atoms with Crippen molar-refractivity contribution in [2.45, 2.75) is 45.8 Å². The van der Waals surface area contributed by atoms with Crippen LogP contribution in [0.5, 0.6) is 5.75 Å². The van der Waals surface area contributed by atoms with Crippen molar-refractivity contribution in [2.75, 3.05) is 24.7 Å². The summed E-state index contributed by atoms with van der Waals surface area (Å²) in [5, 5.41) is 11.6. The SMILES string of the molecule is CCCCCNc1nc(N)nc2ccn(Cc3ccc(Cn4cc(CN)nn4)cc3OC)c12. The maximum absolute atomic E-state index is 5.94. The van der Waals surface area contributed by atoms with Gasteiger partial charge in [0.15, 0.2) is 5.82 Å². The van der Waals surface area contributed by atoms with Gasteiger partial charge >= 0.3 is 0 Å². The molecule has 33 heavy (non-hydrogen) atoms. The Labute approximate surface area is 193 Å². The number of nitrogens with two attached hydrogens (primary N) is 2. The third kappa shape index (κ3) is 5.23. The first-order valence-electron chi connectivity index (χ1n) is 11.2. The van der Waals surface area contributed by atoms with E-state index >= 15 is 0 Å². The zero-order valence-corrected chi connectivity index (χ0v) is 19.2. The number of hydrogen-bond acceptors (Lipinski definition) is 8. The molecule has 0 radical (unpaired) electrons. The molecule has 3 heterocycles. The fraction of sp³-hybridized carbons (Fsp3) is 0.391. The van der Waals surface area contributed by atoms with Gasteiger partial charge in [0.2, 0.25) is 5.95 Å². The first-order valence-corrected chi connectivity index (χ1v) is 11.2. The molecule has 0 aliphatic rings. The number of nitrogens with zero attached hydrogens (tertiary/aromatic N) is 6. The number of anilines is 2. The van der Waals surface area contributed by atoms with Crippen LogP contribution < -0.4 is 21.5 Å². The normalized spacial score (nSPS) is 11.2. The van der Waals surface area contributed by atoms with Gasteiger partial charge in [0.05, 0.1) is 37.6 Å². The van der Waals surface area contributed by atoms with Gasteiger partial charge in [-0.15, -0.1) is 5.10 Å². The molecule has 5 N–H and O–H groups in total. The summed E-state index contributed by atoms with van der Waals surface area (Å²) in [6.07, 6.45) is 7.28.